The van der Waals surface area contributed by atoms with Gasteiger partial charge in [-0.2, -0.15) is 0 Å². The third kappa shape index (κ3) is 2.81. The topological polar surface area (TPSA) is 71.1 Å². The van der Waals surface area contributed by atoms with E-state index in [9.17, 15) is 9.36 Å². The van der Waals surface area contributed by atoms with Crippen LogP contribution >= 0.6 is 7.82 Å². The molecule has 0 aromatic rings. The molecule has 0 spiro atoms. The minimum absolute atomic E-state index is 0.213. The van der Waals surface area contributed by atoms with Gasteiger partial charge in [0, 0.05) is 20.6 Å². The molecule has 0 radical (unpaired) electrons. The highest BCUT2D eigenvalue weighted by Gasteiger charge is 2.29. The van der Waals surface area contributed by atoms with E-state index in [0.717, 1.165) is 0 Å². The van der Waals surface area contributed by atoms with Gasteiger partial charge in [-0.05, 0) is 6.92 Å². The molecule has 0 aliphatic carbocycles. The van der Waals surface area contributed by atoms with E-state index in [4.69, 9.17) is 9.26 Å². The Morgan fingerprint density at radius 1 is 1.40 bits per heavy atom. The second-order valence-corrected chi connectivity index (χ2v) is 4.63. The lowest BCUT2D eigenvalue weighted by Gasteiger charge is -2.15. The molecule has 0 unspecified atom stereocenters. The molecule has 6 nitrogen and oxygen atoms in total. The standard InChI is InChI=1S/C8H13O6P/c1-6(7-4-5-13-8(7)9)14-15(10,11-2)12-3/h4-5H2,1-3H3/b7-6-. The number of phosphoric acid groups is 1. The van der Waals surface area contributed by atoms with Crippen molar-refractivity contribution in [1.29, 1.82) is 0 Å². The van der Waals surface area contributed by atoms with Gasteiger partial charge in [0.25, 0.3) is 0 Å². The zero-order valence-electron chi connectivity index (χ0n) is 8.81. The van der Waals surface area contributed by atoms with Crippen LogP contribution in [-0.4, -0.2) is 26.8 Å². The molecule has 0 amide bonds. The minimum Gasteiger partial charge on any atom is -0.462 e. The van der Waals surface area contributed by atoms with Crippen LogP contribution in [-0.2, 0) is 27.7 Å². The molecule has 1 fully saturated rings. The van der Waals surface area contributed by atoms with Crippen molar-refractivity contribution in [3.05, 3.63) is 11.3 Å². The van der Waals surface area contributed by atoms with Gasteiger partial charge in [0.1, 0.15) is 5.76 Å². The molecule has 0 saturated carbocycles. The Bertz CT molecular complexity index is 326. The number of cyclic esters (lactones) is 1. The predicted molar refractivity (Wildman–Crippen MR) is 51.0 cm³/mol. The van der Waals surface area contributed by atoms with E-state index in [2.05, 4.69) is 9.05 Å². The van der Waals surface area contributed by atoms with Crippen molar-refractivity contribution >= 4 is 13.8 Å². The number of esters is 1. The van der Waals surface area contributed by atoms with Gasteiger partial charge in [0.2, 0.25) is 0 Å². The normalized spacial score (nSPS) is 20.1. The summed E-state index contributed by atoms with van der Waals surface area (Å²) in [6.45, 7) is 1.84. The molecule has 15 heavy (non-hydrogen) atoms. The first-order valence-electron chi connectivity index (χ1n) is 4.30. The van der Waals surface area contributed by atoms with E-state index in [0.29, 0.717) is 18.6 Å². The number of hydrogen-bond donors (Lipinski definition) is 0. The summed E-state index contributed by atoms with van der Waals surface area (Å²) in [6.07, 6.45) is 0.443. The monoisotopic (exact) mass is 236 g/mol. The Hall–Kier alpha value is -0.840. The predicted octanol–water partition coefficient (Wildman–Crippen LogP) is 1.62. The quantitative estimate of drug-likeness (QED) is 0.319. The van der Waals surface area contributed by atoms with Crippen LogP contribution in [0.25, 0.3) is 0 Å². The fourth-order valence-electron chi connectivity index (χ4n) is 1.13. The van der Waals surface area contributed by atoms with Gasteiger partial charge in [-0.1, -0.05) is 0 Å². The van der Waals surface area contributed by atoms with Crippen molar-refractivity contribution in [2.45, 2.75) is 13.3 Å². The summed E-state index contributed by atoms with van der Waals surface area (Å²) in [5, 5.41) is 0. The second kappa shape index (κ2) is 4.79. The molecule has 1 heterocycles. The second-order valence-electron chi connectivity index (χ2n) is 2.82. The van der Waals surface area contributed by atoms with Gasteiger partial charge in [-0.3, -0.25) is 9.05 Å². The molecule has 0 bridgehead atoms. The molecule has 1 rings (SSSR count). The van der Waals surface area contributed by atoms with Crippen LogP contribution < -0.4 is 0 Å². The van der Waals surface area contributed by atoms with Crippen LogP contribution in [0.1, 0.15) is 13.3 Å². The van der Waals surface area contributed by atoms with Crippen LogP contribution in [0.3, 0.4) is 0 Å². The fraction of sp³-hybridized carbons (Fsp3) is 0.625. The Balaban J connectivity index is 2.81. The van der Waals surface area contributed by atoms with E-state index >= 15 is 0 Å². The maximum Gasteiger partial charge on any atom is 0.529 e. The molecular weight excluding hydrogens is 223 g/mol. The lowest BCUT2D eigenvalue weighted by atomic mass is 10.2. The largest absolute Gasteiger partial charge is 0.529 e. The number of allylic oxidation sites excluding steroid dienone is 1. The fourth-order valence-corrected chi connectivity index (χ4v) is 1.87. The molecule has 1 aliphatic rings. The minimum atomic E-state index is -3.58. The first-order valence-corrected chi connectivity index (χ1v) is 5.76. The van der Waals surface area contributed by atoms with E-state index in [1.165, 1.54) is 21.1 Å². The molecule has 1 aliphatic heterocycles. The van der Waals surface area contributed by atoms with Gasteiger partial charge < -0.3 is 9.26 Å². The molecule has 0 N–H and O–H groups in total. The summed E-state index contributed by atoms with van der Waals surface area (Å²) >= 11 is 0. The number of phosphoric ester groups is 1. The third-order valence-corrected chi connectivity index (χ3v) is 3.34. The van der Waals surface area contributed by atoms with Gasteiger partial charge in [-0.25, -0.2) is 9.36 Å². The van der Waals surface area contributed by atoms with Crippen molar-refractivity contribution < 1.29 is 27.7 Å². The number of carbonyl (C=O) groups is 1. The maximum atomic E-state index is 11.6. The Labute approximate surface area is 87.8 Å². The third-order valence-electron chi connectivity index (χ3n) is 1.95. The highest BCUT2D eigenvalue weighted by Crippen LogP contribution is 2.50. The number of ether oxygens (including phenoxy) is 1. The highest BCUT2D eigenvalue weighted by atomic mass is 31.2. The molecule has 7 heteroatoms. The van der Waals surface area contributed by atoms with Crippen LogP contribution in [0.5, 0.6) is 0 Å². The van der Waals surface area contributed by atoms with Crippen LogP contribution in [0, 0.1) is 0 Å². The summed E-state index contributed by atoms with van der Waals surface area (Å²) in [7, 11) is -1.17. The average molecular weight is 236 g/mol. The van der Waals surface area contributed by atoms with Crippen LogP contribution in [0.15, 0.2) is 11.3 Å². The van der Waals surface area contributed by atoms with E-state index in [1.54, 1.807) is 0 Å². The van der Waals surface area contributed by atoms with E-state index in [-0.39, 0.29) is 5.76 Å². The summed E-state index contributed by atoms with van der Waals surface area (Å²) in [5.74, 6) is -0.240. The van der Waals surface area contributed by atoms with Crippen molar-refractivity contribution in [2.24, 2.45) is 0 Å². The Morgan fingerprint density at radius 3 is 2.40 bits per heavy atom. The molecule has 0 atom stereocenters. The highest BCUT2D eigenvalue weighted by molar-refractivity contribution is 7.48. The van der Waals surface area contributed by atoms with Gasteiger partial charge >= 0.3 is 13.8 Å². The van der Waals surface area contributed by atoms with Crippen LogP contribution in [0.2, 0.25) is 0 Å². The van der Waals surface area contributed by atoms with Gasteiger partial charge in [-0.15, -0.1) is 0 Å². The van der Waals surface area contributed by atoms with Crippen molar-refractivity contribution in [3.8, 4) is 0 Å². The summed E-state index contributed by atoms with van der Waals surface area (Å²) < 4.78 is 30.4. The molecule has 0 aromatic heterocycles. The number of rotatable bonds is 4. The van der Waals surface area contributed by atoms with Gasteiger partial charge in [0.15, 0.2) is 0 Å². The molecular formula is C8H13O6P. The lowest BCUT2D eigenvalue weighted by Crippen LogP contribution is -2.01. The van der Waals surface area contributed by atoms with E-state index in [1.807, 2.05) is 0 Å². The zero-order chi connectivity index (χ0) is 11.5. The summed E-state index contributed by atoms with van der Waals surface area (Å²) in [4.78, 5) is 11.1. The Morgan fingerprint density at radius 2 is 2.00 bits per heavy atom. The lowest BCUT2D eigenvalue weighted by molar-refractivity contribution is -0.135. The average Bonchev–Trinajstić information content (AvgIpc) is 2.64. The van der Waals surface area contributed by atoms with Crippen molar-refractivity contribution in [1.82, 2.24) is 0 Å². The molecule has 86 valence electrons. The smallest absolute Gasteiger partial charge is 0.462 e. The molecule has 1 saturated heterocycles. The van der Waals surface area contributed by atoms with Crippen molar-refractivity contribution in [2.75, 3.05) is 20.8 Å². The number of carbonyl (C=O) groups excluding carboxylic acids is 1. The maximum absolute atomic E-state index is 11.6. The van der Waals surface area contributed by atoms with Gasteiger partial charge in [0.05, 0.1) is 12.2 Å². The van der Waals surface area contributed by atoms with E-state index < -0.39 is 13.8 Å². The summed E-state index contributed by atoms with van der Waals surface area (Å²) in [5.41, 5.74) is 0.365. The van der Waals surface area contributed by atoms with Crippen LogP contribution in [0.4, 0.5) is 0 Å². The molecule has 0 aromatic carbocycles. The first-order chi connectivity index (χ1) is 7.02. The zero-order valence-corrected chi connectivity index (χ0v) is 9.71. The number of hydrogen-bond acceptors (Lipinski definition) is 6. The first kappa shape index (κ1) is 12.2. The van der Waals surface area contributed by atoms with Crippen molar-refractivity contribution in [3.63, 3.8) is 0 Å². The Kier molecular flexibility index (Phi) is 3.90. The SMILES string of the molecule is COP(=O)(OC)O/C(C)=C1/CCOC1=O. The summed E-state index contributed by atoms with van der Waals surface area (Å²) in [6, 6.07) is 0.